The van der Waals surface area contributed by atoms with Crippen LogP contribution in [0.15, 0.2) is 11.6 Å². The lowest BCUT2D eigenvalue weighted by molar-refractivity contribution is 0.270. The molecule has 3 nitrogen and oxygen atoms in total. The first-order valence-electron chi connectivity index (χ1n) is 3.94. The van der Waals surface area contributed by atoms with E-state index in [9.17, 15) is 0 Å². The van der Waals surface area contributed by atoms with Crippen LogP contribution in [0.2, 0.25) is 0 Å². The lowest BCUT2D eigenvalue weighted by Gasteiger charge is -1.97. The average Bonchev–Trinajstić information content (AvgIpc) is 2.11. The first kappa shape index (κ1) is 10.7. The standard InChI is InChI=1S/C9H12N2O/c1-2-3-4-5-8(6-10)9(12)7-11/h5,9,12H,2-4H2,1H3. The molecule has 0 aromatic heterocycles. The first-order chi connectivity index (χ1) is 5.76. The molecule has 0 saturated carbocycles. The highest BCUT2D eigenvalue weighted by atomic mass is 16.3. The fourth-order valence-corrected chi connectivity index (χ4v) is 0.750. The van der Waals surface area contributed by atoms with E-state index in [1.807, 2.05) is 6.92 Å². The minimum Gasteiger partial charge on any atom is -0.373 e. The van der Waals surface area contributed by atoms with Crippen molar-refractivity contribution in [3.05, 3.63) is 11.6 Å². The average molecular weight is 164 g/mol. The Hall–Kier alpha value is -1.32. The van der Waals surface area contributed by atoms with Gasteiger partial charge in [-0.15, -0.1) is 0 Å². The number of hydrogen-bond acceptors (Lipinski definition) is 3. The first-order valence-corrected chi connectivity index (χ1v) is 3.94. The highest BCUT2D eigenvalue weighted by Crippen LogP contribution is 2.04. The molecule has 0 aliphatic rings. The van der Waals surface area contributed by atoms with Crippen LogP contribution in [-0.2, 0) is 0 Å². The molecule has 1 unspecified atom stereocenters. The van der Waals surface area contributed by atoms with Crippen LogP contribution in [0.3, 0.4) is 0 Å². The zero-order chi connectivity index (χ0) is 9.40. The fourth-order valence-electron chi connectivity index (χ4n) is 0.750. The van der Waals surface area contributed by atoms with E-state index in [2.05, 4.69) is 0 Å². The van der Waals surface area contributed by atoms with Crippen LogP contribution in [0, 0.1) is 22.7 Å². The van der Waals surface area contributed by atoms with Crippen molar-refractivity contribution in [2.75, 3.05) is 0 Å². The van der Waals surface area contributed by atoms with E-state index in [0.717, 1.165) is 19.3 Å². The Morgan fingerprint density at radius 1 is 1.58 bits per heavy atom. The minimum atomic E-state index is -1.26. The van der Waals surface area contributed by atoms with Crippen molar-refractivity contribution in [2.45, 2.75) is 32.3 Å². The van der Waals surface area contributed by atoms with Gasteiger partial charge in [0.1, 0.15) is 0 Å². The van der Waals surface area contributed by atoms with Crippen LogP contribution in [0.1, 0.15) is 26.2 Å². The Bertz CT molecular complexity index is 232. The van der Waals surface area contributed by atoms with Crippen LogP contribution >= 0.6 is 0 Å². The molecule has 0 aliphatic carbocycles. The lowest BCUT2D eigenvalue weighted by atomic mass is 10.1. The molecule has 0 aromatic carbocycles. The predicted octanol–water partition coefficient (Wildman–Crippen LogP) is 1.51. The van der Waals surface area contributed by atoms with Crippen molar-refractivity contribution >= 4 is 0 Å². The van der Waals surface area contributed by atoms with E-state index < -0.39 is 6.10 Å². The van der Waals surface area contributed by atoms with Crippen molar-refractivity contribution < 1.29 is 5.11 Å². The predicted molar refractivity (Wildman–Crippen MR) is 44.8 cm³/mol. The van der Waals surface area contributed by atoms with Crippen LogP contribution in [0.25, 0.3) is 0 Å². The molecule has 1 N–H and O–H groups in total. The normalized spacial score (nSPS) is 13.2. The third kappa shape index (κ3) is 3.75. The third-order valence-corrected chi connectivity index (χ3v) is 1.47. The molecule has 0 amide bonds. The maximum absolute atomic E-state index is 8.97. The molecule has 64 valence electrons. The van der Waals surface area contributed by atoms with Crippen LogP contribution in [0.4, 0.5) is 0 Å². The summed E-state index contributed by atoms with van der Waals surface area (Å²) in [5, 5.41) is 25.8. The van der Waals surface area contributed by atoms with E-state index in [1.165, 1.54) is 0 Å². The maximum Gasteiger partial charge on any atom is 0.175 e. The Balaban J connectivity index is 4.09. The molecule has 0 fully saturated rings. The highest BCUT2D eigenvalue weighted by Gasteiger charge is 2.06. The molecular weight excluding hydrogens is 152 g/mol. The van der Waals surface area contributed by atoms with Crippen LogP contribution < -0.4 is 0 Å². The van der Waals surface area contributed by atoms with Crippen molar-refractivity contribution in [2.24, 2.45) is 0 Å². The van der Waals surface area contributed by atoms with Gasteiger partial charge in [0, 0.05) is 0 Å². The van der Waals surface area contributed by atoms with Gasteiger partial charge >= 0.3 is 0 Å². The summed E-state index contributed by atoms with van der Waals surface area (Å²) in [4.78, 5) is 0. The second kappa shape index (κ2) is 6.39. The molecule has 0 heterocycles. The second-order valence-electron chi connectivity index (χ2n) is 2.45. The van der Waals surface area contributed by atoms with Crippen LogP contribution in [0.5, 0.6) is 0 Å². The Kier molecular flexibility index (Phi) is 5.69. The number of hydrogen-bond donors (Lipinski definition) is 1. The smallest absolute Gasteiger partial charge is 0.175 e. The summed E-state index contributed by atoms with van der Waals surface area (Å²) in [5.74, 6) is 0. The van der Waals surface area contributed by atoms with E-state index in [0.29, 0.717) is 0 Å². The summed E-state index contributed by atoms with van der Waals surface area (Å²) < 4.78 is 0. The summed E-state index contributed by atoms with van der Waals surface area (Å²) in [6.45, 7) is 2.04. The number of nitriles is 2. The number of rotatable bonds is 4. The molecule has 3 heteroatoms. The Morgan fingerprint density at radius 3 is 2.67 bits per heavy atom. The number of allylic oxidation sites excluding steroid dienone is 1. The van der Waals surface area contributed by atoms with Gasteiger partial charge in [-0.3, -0.25) is 0 Å². The number of unbranched alkanes of at least 4 members (excludes halogenated alkanes) is 2. The van der Waals surface area contributed by atoms with Gasteiger partial charge < -0.3 is 5.11 Å². The largest absolute Gasteiger partial charge is 0.373 e. The summed E-state index contributed by atoms with van der Waals surface area (Å²) in [6.07, 6.45) is 3.13. The van der Waals surface area contributed by atoms with Gasteiger partial charge in [-0.05, 0) is 6.42 Å². The maximum atomic E-state index is 8.97. The van der Waals surface area contributed by atoms with Crippen molar-refractivity contribution in [3.8, 4) is 12.1 Å². The van der Waals surface area contributed by atoms with Gasteiger partial charge in [0.15, 0.2) is 6.10 Å². The van der Waals surface area contributed by atoms with Crippen molar-refractivity contribution in [3.63, 3.8) is 0 Å². The quantitative estimate of drug-likeness (QED) is 0.389. The van der Waals surface area contributed by atoms with E-state index in [1.54, 1.807) is 18.2 Å². The molecule has 0 rings (SSSR count). The molecule has 0 saturated heterocycles. The summed E-state index contributed by atoms with van der Waals surface area (Å²) >= 11 is 0. The SMILES string of the molecule is CCCCC=C(C#N)C(O)C#N. The molecule has 1 atom stereocenters. The topological polar surface area (TPSA) is 67.8 Å². The van der Waals surface area contributed by atoms with E-state index >= 15 is 0 Å². The fraction of sp³-hybridized carbons (Fsp3) is 0.556. The van der Waals surface area contributed by atoms with Gasteiger partial charge in [-0.25, -0.2) is 0 Å². The lowest BCUT2D eigenvalue weighted by Crippen LogP contribution is -2.04. The Morgan fingerprint density at radius 2 is 2.25 bits per heavy atom. The van der Waals surface area contributed by atoms with Crippen molar-refractivity contribution in [1.82, 2.24) is 0 Å². The van der Waals surface area contributed by atoms with E-state index in [-0.39, 0.29) is 5.57 Å². The molecule has 0 radical (unpaired) electrons. The number of nitrogens with zero attached hydrogens (tertiary/aromatic N) is 2. The van der Waals surface area contributed by atoms with Gasteiger partial charge in [0.25, 0.3) is 0 Å². The van der Waals surface area contributed by atoms with Crippen molar-refractivity contribution in [1.29, 1.82) is 10.5 Å². The van der Waals surface area contributed by atoms with E-state index in [4.69, 9.17) is 15.6 Å². The van der Waals surface area contributed by atoms with Gasteiger partial charge in [-0.1, -0.05) is 25.8 Å². The highest BCUT2D eigenvalue weighted by molar-refractivity contribution is 5.29. The monoisotopic (exact) mass is 164 g/mol. The van der Waals surface area contributed by atoms with Crippen LogP contribution in [-0.4, -0.2) is 11.2 Å². The molecule has 0 aromatic rings. The summed E-state index contributed by atoms with van der Waals surface area (Å²) in [5.41, 5.74) is 0.158. The third-order valence-electron chi connectivity index (χ3n) is 1.47. The zero-order valence-corrected chi connectivity index (χ0v) is 7.12. The Labute approximate surface area is 72.5 Å². The zero-order valence-electron chi connectivity index (χ0n) is 7.12. The minimum absolute atomic E-state index is 0.158. The molecular formula is C9H12N2O. The summed E-state index contributed by atoms with van der Waals surface area (Å²) in [6, 6.07) is 3.41. The molecule has 0 aliphatic heterocycles. The van der Waals surface area contributed by atoms with Gasteiger partial charge in [0.05, 0.1) is 17.7 Å². The number of aliphatic hydroxyl groups excluding tert-OH is 1. The number of aliphatic hydroxyl groups is 1. The molecule has 0 spiro atoms. The van der Waals surface area contributed by atoms with Gasteiger partial charge in [-0.2, -0.15) is 10.5 Å². The molecule has 0 bridgehead atoms. The molecule has 12 heavy (non-hydrogen) atoms. The summed E-state index contributed by atoms with van der Waals surface area (Å²) in [7, 11) is 0. The van der Waals surface area contributed by atoms with Gasteiger partial charge in [0.2, 0.25) is 0 Å². The second-order valence-corrected chi connectivity index (χ2v) is 2.45.